The Morgan fingerprint density at radius 3 is 2.53 bits per heavy atom. The highest BCUT2D eigenvalue weighted by Gasteiger charge is 2.34. The SMILES string of the molecule is COc1ccc(S(=O)(=O)N2CCC[C@@H](C(=O)Nc3cccc4ccccc34)C2)cc1OC. The lowest BCUT2D eigenvalue weighted by molar-refractivity contribution is -0.120. The van der Waals surface area contributed by atoms with Crippen molar-refractivity contribution in [3.8, 4) is 11.5 Å². The van der Waals surface area contributed by atoms with Crippen LogP contribution >= 0.6 is 0 Å². The van der Waals surface area contributed by atoms with Crippen molar-refractivity contribution >= 4 is 32.4 Å². The van der Waals surface area contributed by atoms with E-state index in [1.165, 1.54) is 30.7 Å². The van der Waals surface area contributed by atoms with Gasteiger partial charge in [-0.1, -0.05) is 36.4 Å². The molecule has 7 nitrogen and oxygen atoms in total. The quantitative estimate of drug-likeness (QED) is 0.611. The smallest absolute Gasteiger partial charge is 0.243 e. The summed E-state index contributed by atoms with van der Waals surface area (Å²) >= 11 is 0. The van der Waals surface area contributed by atoms with Crippen LogP contribution in [0.15, 0.2) is 65.6 Å². The van der Waals surface area contributed by atoms with Gasteiger partial charge in [-0.3, -0.25) is 4.79 Å². The lowest BCUT2D eigenvalue weighted by Gasteiger charge is -2.31. The minimum Gasteiger partial charge on any atom is -0.493 e. The van der Waals surface area contributed by atoms with Crippen LogP contribution in [-0.4, -0.2) is 45.9 Å². The predicted octanol–water partition coefficient (Wildman–Crippen LogP) is 3.90. The molecular formula is C24H26N2O5S. The number of carbonyl (C=O) groups excluding carboxylic acids is 1. The first kappa shape index (κ1) is 22.1. The topological polar surface area (TPSA) is 84.9 Å². The molecule has 0 radical (unpaired) electrons. The van der Waals surface area contributed by atoms with E-state index in [4.69, 9.17) is 9.47 Å². The molecule has 0 aliphatic carbocycles. The largest absolute Gasteiger partial charge is 0.493 e. The number of anilines is 1. The second-order valence-electron chi connectivity index (χ2n) is 7.73. The number of hydrogen-bond acceptors (Lipinski definition) is 5. The number of methoxy groups -OCH3 is 2. The van der Waals surface area contributed by atoms with Crippen LogP contribution in [0, 0.1) is 5.92 Å². The average molecular weight is 455 g/mol. The molecular weight excluding hydrogens is 428 g/mol. The van der Waals surface area contributed by atoms with E-state index in [2.05, 4.69) is 5.32 Å². The number of benzene rings is 3. The van der Waals surface area contributed by atoms with Crippen molar-refractivity contribution in [3.63, 3.8) is 0 Å². The summed E-state index contributed by atoms with van der Waals surface area (Å²) in [7, 11) is -0.819. The van der Waals surface area contributed by atoms with E-state index < -0.39 is 15.9 Å². The van der Waals surface area contributed by atoms with Gasteiger partial charge in [-0.15, -0.1) is 0 Å². The van der Waals surface area contributed by atoms with Crippen molar-refractivity contribution in [1.29, 1.82) is 0 Å². The third-order valence-electron chi connectivity index (χ3n) is 5.80. The van der Waals surface area contributed by atoms with Gasteiger partial charge >= 0.3 is 0 Å². The van der Waals surface area contributed by atoms with Gasteiger partial charge in [0.15, 0.2) is 11.5 Å². The molecule has 0 bridgehead atoms. The first-order valence-corrected chi connectivity index (χ1v) is 11.9. The lowest BCUT2D eigenvalue weighted by Crippen LogP contribution is -2.43. The summed E-state index contributed by atoms with van der Waals surface area (Å²) in [6.07, 6.45) is 1.24. The van der Waals surface area contributed by atoms with E-state index in [-0.39, 0.29) is 17.3 Å². The predicted molar refractivity (Wildman–Crippen MR) is 124 cm³/mol. The van der Waals surface area contributed by atoms with Crippen LogP contribution in [0.25, 0.3) is 10.8 Å². The van der Waals surface area contributed by atoms with E-state index in [0.717, 1.165) is 16.5 Å². The third kappa shape index (κ3) is 4.28. The van der Waals surface area contributed by atoms with Crippen molar-refractivity contribution in [2.45, 2.75) is 17.7 Å². The second kappa shape index (κ2) is 9.18. The van der Waals surface area contributed by atoms with Crippen molar-refractivity contribution in [2.75, 3.05) is 32.6 Å². The molecule has 1 saturated heterocycles. The summed E-state index contributed by atoms with van der Waals surface area (Å²) in [4.78, 5) is 13.2. The Kier molecular flexibility index (Phi) is 6.34. The average Bonchev–Trinajstić information content (AvgIpc) is 2.83. The Labute approximate surface area is 188 Å². The summed E-state index contributed by atoms with van der Waals surface area (Å²) in [6.45, 7) is 0.502. The highest BCUT2D eigenvalue weighted by Crippen LogP contribution is 2.32. The van der Waals surface area contributed by atoms with Crippen molar-refractivity contribution in [3.05, 3.63) is 60.7 Å². The van der Waals surface area contributed by atoms with Crippen LogP contribution in [-0.2, 0) is 14.8 Å². The van der Waals surface area contributed by atoms with Crippen LogP contribution in [0.2, 0.25) is 0 Å². The maximum Gasteiger partial charge on any atom is 0.243 e. The van der Waals surface area contributed by atoms with Gasteiger partial charge in [-0.2, -0.15) is 4.31 Å². The molecule has 3 aromatic carbocycles. The zero-order valence-corrected chi connectivity index (χ0v) is 18.9. The number of rotatable bonds is 6. The van der Waals surface area contributed by atoms with E-state index in [0.29, 0.717) is 30.9 Å². The maximum atomic E-state index is 13.3. The van der Waals surface area contributed by atoms with Gasteiger partial charge in [-0.25, -0.2) is 8.42 Å². The summed E-state index contributed by atoms with van der Waals surface area (Å²) in [5, 5.41) is 4.99. The molecule has 0 aromatic heterocycles. The van der Waals surface area contributed by atoms with Gasteiger partial charge in [-0.05, 0) is 36.4 Å². The van der Waals surface area contributed by atoms with Crippen LogP contribution < -0.4 is 14.8 Å². The fourth-order valence-electron chi connectivity index (χ4n) is 4.07. The standard InChI is InChI=1S/C24H26N2O5S/c1-30-22-13-12-19(15-23(22)31-2)32(28,29)26-14-6-9-18(16-26)24(27)25-21-11-5-8-17-7-3-4-10-20(17)21/h3-5,7-8,10-13,15,18H,6,9,14,16H2,1-2H3,(H,25,27)/t18-/m1/s1. The zero-order chi connectivity index (χ0) is 22.7. The lowest BCUT2D eigenvalue weighted by atomic mass is 9.98. The van der Waals surface area contributed by atoms with Gasteiger partial charge in [0, 0.05) is 30.2 Å². The number of sulfonamides is 1. The fourth-order valence-corrected chi connectivity index (χ4v) is 5.61. The summed E-state index contributed by atoms with van der Waals surface area (Å²) in [5.74, 6) is 0.194. The van der Waals surface area contributed by atoms with E-state index >= 15 is 0 Å². The van der Waals surface area contributed by atoms with Gasteiger partial charge in [0.1, 0.15) is 0 Å². The number of hydrogen-bond donors (Lipinski definition) is 1. The van der Waals surface area contributed by atoms with Crippen LogP contribution in [0.1, 0.15) is 12.8 Å². The first-order chi connectivity index (χ1) is 15.4. The maximum absolute atomic E-state index is 13.3. The van der Waals surface area contributed by atoms with E-state index in [9.17, 15) is 13.2 Å². The third-order valence-corrected chi connectivity index (χ3v) is 7.66. The first-order valence-electron chi connectivity index (χ1n) is 10.4. The fraction of sp³-hybridized carbons (Fsp3) is 0.292. The van der Waals surface area contributed by atoms with Gasteiger partial charge in [0.2, 0.25) is 15.9 Å². The Bertz CT molecular complexity index is 1240. The van der Waals surface area contributed by atoms with Gasteiger partial charge in [0.25, 0.3) is 0 Å². The van der Waals surface area contributed by atoms with Gasteiger partial charge < -0.3 is 14.8 Å². The van der Waals surface area contributed by atoms with E-state index in [1.807, 2.05) is 42.5 Å². The number of piperidine rings is 1. The number of ether oxygens (including phenoxy) is 2. The second-order valence-corrected chi connectivity index (χ2v) is 9.67. The van der Waals surface area contributed by atoms with Crippen LogP contribution in [0.3, 0.4) is 0 Å². The minimum absolute atomic E-state index is 0.116. The molecule has 3 aromatic rings. The molecule has 1 atom stereocenters. The molecule has 1 fully saturated rings. The molecule has 0 spiro atoms. The molecule has 8 heteroatoms. The number of nitrogens with one attached hydrogen (secondary N) is 1. The Hall–Kier alpha value is -3.10. The number of nitrogens with zero attached hydrogens (tertiary/aromatic N) is 1. The highest BCUT2D eigenvalue weighted by molar-refractivity contribution is 7.89. The van der Waals surface area contributed by atoms with Gasteiger partial charge in [0.05, 0.1) is 25.0 Å². The molecule has 1 aliphatic heterocycles. The molecule has 32 heavy (non-hydrogen) atoms. The molecule has 1 amide bonds. The molecule has 4 rings (SSSR count). The molecule has 0 saturated carbocycles. The highest BCUT2D eigenvalue weighted by atomic mass is 32.2. The van der Waals surface area contributed by atoms with Crippen molar-refractivity contribution < 1.29 is 22.7 Å². The van der Waals surface area contributed by atoms with Crippen molar-refractivity contribution in [1.82, 2.24) is 4.31 Å². The Morgan fingerprint density at radius 2 is 1.75 bits per heavy atom. The summed E-state index contributed by atoms with van der Waals surface area (Å²) in [5.41, 5.74) is 0.730. The monoisotopic (exact) mass is 454 g/mol. The molecule has 1 N–H and O–H groups in total. The van der Waals surface area contributed by atoms with Crippen molar-refractivity contribution in [2.24, 2.45) is 5.92 Å². The Balaban J connectivity index is 1.53. The normalized spacial score (nSPS) is 17.1. The molecule has 1 aliphatic rings. The number of fused-ring (bicyclic) bond motifs is 1. The van der Waals surface area contributed by atoms with Crippen LogP contribution in [0.5, 0.6) is 11.5 Å². The summed E-state index contributed by atoms with van der Waals surface area (Å²) in [6, 6.07) is 18.1. The summed E-state index contributed by atoms with van der Waals surface area (Å²) < 4.78 is 38.3. The minimum atomic E-state index is -3.78. The van der Waals surface area contributed by atoms with E-state index in [1.54, 1.807) is 6.07 Å². The molecule has 168 valence electrons. The number of amides is 1. The Morgan fingerprint density at radius 1 is 1.00 bits per heavy atom. The molecule has 0 unspecified atom stereocenters. The number of carbonyl (C=O) groups is 1. The van der Waals surface area contributed by atoms with Crippen LogP contribution in [0.4, 0.5) is 5.69 Å². The molecule has 1 heterocycles. The zero-order valence-electron chi connectivity index (χ0n) is 18.1.